The highest BCUT2D eigenvalue weighted by Crippen LogP contribution is 1.97. The zero-order chi connectivity index (χ0) is 11.0. The largest absolute Gasteiger partial charge is 0.409 e. The lowest BCUT2D eigenvalue weighted by atomic mass is 10.1. The maximum atomic E-state index is 8.42. The van der Waals surface area contributed by atoms with Crippen LogP contribution in [0.3, 0.4) is 0 Å². The molecule has 0 heterocycles. The number of nitrogens with zero attached hydrogens (tertiary/aromatic N) is 1. The van der Waals surface area contributed by atoms with Crippen LogP contribution in [0.15, 0.2) is 16.8 Å². The third-order valence-electron chi connectivity index (χ3n) is 1.99. The van der Waals surface area contributed by atoms with Crippen molar-refractivity contribution in [2.24, 2.45) is 10.9 Å². The fraction of sp³-hybridized carbons (Fsp3) is 0.700. The van der Waals surface area contributed by atoms with E-state index in [9.17, 15) is 0 Å². The summed E-state index contributed by atoms with van der Waals surface area (Å²) in [6.07, 6.45) is 3.67. The van der Waals surface area contributed by atoms with Gasteiger partial charge >= 0.3 is 0 Å². The molecule has 4 heteroatoms. The van der Waals surface area contributed by atoms with Gasteiger partial charge in [0.05, 0.1) is 0 Å². The average Bonchev–Trinajstić information content (AvgIpc) is 2.15. The molecule has 82 valence electrons. The van der Waals surface area contributed by atoms with Gasteiger partial charge in [0, 0.05) is 19.0 Å². The Hall–Kier alpha value is -1.03. The highest BCUT2D eigenvalue weighted by molar-refractivity contribution is 5.80. The zero-order valence-electron chi connectivity index (χ0n) is 9.25. The van der Waals surface area contributed by atoms with Crippen LogP contribution in [0.1, 0.15) is 33.6 Å². The van der Waals surface area contributed by atoms with E-state index in [2.05, 4.69) is 37.3 Å². The van der Waals surface area contributed by atoms with Gasteiger partial charge in [-0.05, 0) is 20.3 Å². The predicted octanol–water partition coefficient (Wildman–Crippen LogP) is 1.46. The molecule has 0 aromatic heterocycles. The molecule has 0 saturated heterocycles. The smallest absolute Gasteiger partial charge is 0.140 e. The maximum absolute atomic E-state index is 8.42. The van der Waals surface area contributed by atoms with Crippen molar-refractivity contribution in [1.82, 2.24) is 5.32 Å². The number of allylic oxidation sites excluding steroid dienone is 1. The van der Waals surface area contributed by atoms with Crippen LogP contribution in [-0.2, 0) is 0 Å². The van der Waals surface area contributed by atoms with Gasteiger partial charge in [0.2, 0.25) is 0 Å². The van der Waals surface area contributed by atoms with Gasteiger partial charge in [-0.3, -0.25) is 0 Å². The van der Waals surface area contributed by atoms with Crippen LogP contribution in [0.2, 0.25) is 0 Å². The van der Waals surface area contributed by atoms with Crippen LogP contribution >= 0.6 is 0 Å². The number of hydrogen-bond acceptors (Lipinski definition) is 3. The van der Waals surface area contributed by atoms with Crippen molar-refractivity contribution in [2.75, 3.05) is 6.54 Å². The van der Waals surface area contributed by atoms with E-state index in [0.717, 1.165) is 13.0 Å². The van der Waals surface area contributed by atoms with Gasteiger partial charge in [-0.25, -0.2) is 0 Å². The molecule has 0 amide bonds. The summed E-state index contributed by atoms with van der Waals surface area (Å²) >= 11 is 0. The SMILES string of the molecule is CCC(C/C(N)=N/O)NCC=C(C)C. The molecule has 0 spiro atoms. The fourth-order valence-electron chi connectivity index (χ4n) is 1.08. The van der Waals surface area contributed by atoms with Crippen molar-refractivity contribution in [3.8, 4) is 0 Å². The van der Waals surface area contributed by atoms with Gasteiger partial charge in [-0.15, -0.1) is 0 Å². The predicted molar refractivity (Wildman–Crippen MR) is 59.5 cm³/mol. The summed E-state index contributed by atoms with van der Waals surface area (Å²) in [6.45, 7) is 7.03. The number of nitrogens with two attached hydrogens (primary N) is 1. The first kappa shape index (κ1) is 13.0. The first-order chi connectivity index (χ1) is 6.60. The summed E-state index contributed by atoms with van der Waals surface area (Å²) in [5.74, 6) is 0.279. The molecule has 0 radical (unpaired) electrons. The molecular weight excluding hydrogens is 178 g/mol. The topological polar surface area (TPSA) is 70.6 Å². The second-order valence-corrected chi connectivity index (χ2v) is 3.59. The average molecular weight is 199 g/mol. The van der Waals surface area contributed by atoms with Crippen LogP contribution in [0, 0.1) is 0 Å². The summed E-state index contributed by atoms with van der Waals surface area (Å²) in [5.41, 5.74) is 6.71. The van der Waals surface area contributed by atoms with Crippen molar-refractivity contribution in [1.29, 1.82) is 0 Å². The van der Waals surface area contributed by atoms with Crippen LogP contribution in [0.25, 0.3) is 0 Å². The Bertz CT molecular complexity index is 207. The van der Waals surface area contributed by atoms with E-state index < -0.39 is 0 Å². The molecule has 0 aromatic carbocycles. The quantitative estimate of drug-likeness (QED) is 0.199. The Morgan fingerprint density at radius 3 is 2.64 bits per heavy atom. The van der Waals surface area contributed by atoms with Gasteiger partial charge in [-0.1, -0.05) is 23.7 Å². The van der Waals surface area contributed by atoms with Crippen molar-refractivity contribution >= 4 is 5.84 Å². The normalized spacial score (nSPS) is 13.8. The van der Waals surface area contributed by atoms with E-state index >= 15 is 0 Å². The van der Waals surface area contributed by atoms with E-state index in [1.165, 1.54) is 5.57 Å². The van der Waals surface area contributed by atoms with E-state index in [0.29, 0.717) is 6.42 Å². The lowest BCUT2D eigenvalue weighted by molar-refractivity contribution is 0.315. The van der Waals surface area contributed by atoms with Gasteiger partial charge < -0.3 is 16.3 Å². The molecule has 0 rings (SSSR count). The summed E-state index contributed by atoms with van der Waals surface area (Å²) in [7, 11) is 0. The monoisotopic (exact) mass is 199 g/mol. The highest BCUT2D eigenvalue weighted by atomic mass is 16.4. The Balaban J connectivity index is 3.86. The van der Waals surface area contributed by atoms with E-state index in [1.54, 1.807) is 0 Å². The van der Waals surface area contributed by atoms with Crippen LogP contribution in [-0.4, -0.2) is 23.6 Å². The summed E-state index contributed by atoms with van der Waals surface area (Å²) in [5, 5.41) is 14.7. The molecule has 0 saturated carbocycles. The number of nitrogens with one attached hydrogen (secondary N) is 1. The van der Waals surface area contributed by atoms with Crippen molar-refractivity contribution in [2.45, 2.75) is 39.7 Å². The second-order valence-electron chi connectivity index (χ2n) is 3.59. The van der Waals surface area contributed by atoms with Gasteiger partial charge in [0.15, 0.2) is 0 Å². The molecule has 0 fully saturated rings. The molecule has 0 bridgehead atoms. The molecule has 14 heavy (non-hydrogen) atoms. The van der Waals surface area contributed by atoms with E-state index in [4.69, 9.17) is 10.9 Å². The van der Waals surface area contributed by atoms with Crippen LogP contribution in [0.5, 0.6) is 0 Å². The molecule has 0 aliphatic heterocycles. The van der Waals surface area contributed by atoms with Crippen LogP contribution in [0.4, 0.5) is 0 Å². The molecule has 1 atom stereocenters. The Kier molecular flexibility index (Phi) is 6.84. The number of hydrogen-bond donors (Lipinski definition) is 3. The summed E-state index contributed by atoms with van der Waals surface area (Å²) in [4.78, 5) is 0. The Morgan fingerprint density at radius 2 is 2.21 bits per heavy atom. The van der Waals surface area contributed by atoms with Gasteiger partial charge in [-0.2, -0.15) is 0 Å². The van der Waals surface area contributed by atoms with E-state index in [1.807, 2.05) is 0 Å². The minimum absolute atomic E-state index is 0.279. The Labute approximate surface area is 85.9 Å². The molecule has 0 aromatic rings. The molecule has 1 unspecified atom stereocenters. The third kappa shape index (κ3) is 6.48. The number of rotatable bonds is 6. The lowest BCUT2D eigenvalue weighted by Gasteiger charge is -2.14. The standard InChI is InChI=1S/C10H21N3O/c1-4-9(7-10(11)13-14)12-6-5-8(2)3/h5,9,12,14H,4,6-7H2,1-3H3,(H2,11,13). The third-order valence-corrected chi connectivity index (χ3v) is 1.99. The lowest BCUT2D eigenvalue weighted by Crippen LogP contribution is -2.33. The number of amidine groups is 1. The molecule has 4 nitrogen and oxygen atoms in total. The van der Waals surface area contributed by atoms with Crippen molar-refractivity contribution < 1.29 is 5.21 Å². The Morgan fingerprint density at radius 1 is 1.57 bits per heavy atom. The minimum Gasteiger partial charge on any atom is -0.409 e. The first-order valence-corrected chi connectivity index (χ1v) is 4.93. The second kappa shape index (κ2) is 7.38. The molecular formula is C10H21N3O. The highest BCUT2D eigenvalue weighted by Gasteiger charge is 2.06. The zero-order valence-corrected chi connectivity index (χ0v) is 9.25. The van der Waals surface area contributed by atoms with Crippen molar-refractivity contribution in [3.05, 3.63) is 11.6 Å². The van der Waals surface area contributed by atoms with Gasteiger partial charge in [0.25, 0.3) is 0 Å². The summed E-state index contributed by atoms with van der Waals surface area (Å²) < 4.78 is 0. The van der Waals surface area contributed by atoms with Crippen molar-refractivity contribution in [3.63, 3.8) is 0 Å². The maximum Gasteiger partial charge on any atom is 0.140 e. The molecule has 0 aliphatic rings. The molecule has 4 N–H and O–H groups in total. The first-order valence-electron chi connectivity index (χ1n) is 4.93. The minimum atomic E-state index is 0.279. The van der Waals surface area contributed by atoms with Gasteiger partial charge in [0.1, 0.15) is 5.84 Å². The molecule has 0 aliphatic carbocycles. The summed E-state index contributed by atoms with van der Waals surface area (Å²) in [6, 6.07) is 0.279. The number of oxime groups is 1. The van der Waals surface area contributed by atoms with Crippen LogP contribution < -0.4 is 11.1 Å². The fourth-order valence-corrected chi connectivity index (χ4v) is 1.08. The van der Waals surface area contributed by atoms with E-state index in [-0.39, 0.29) is 11.9 Å².